The van der Waals surface area contributed by atoms with E-state index < -0.39 is 10.5 Å². The van der Waals surface area contributed by atoms with Crippen LogP contribution in [-0.4, -0.2) is 63.1 Å². The zero-order valence-electron chi connectivity index (χ0n) is 48.5. The minimum atomic E-state index is -0.590. The fraction of sp³-hybridized carbons (Fsp3) is 0.623. The van der Waals surface area contributed by atoms with Crippen molar-refractivity contribution in [2.75, 3.05) is 25.0 Å². The molecule has 1 aliphatic carbocycles. The summed E-state index contributed by atoms with van der Waals surface area (Å²) in [6, 6.07) is 28.2. The Morgan fingerprint density at radius 3 is 1.04 bits per heavy atom. The highest BCUT2D eigenvalue weighted by molar-refractivity contribution is 9.09. The molecule has 0 atom stereocenters. The number of rotatable bonds is 12. The SMILES string of the molecule is C1CCCCC1.C1CCNCC1.CC.CC(=O)CC(=O)Cl.CC(=O)CCCCCCCBr.CC(C)=O.CCC.CCC.CCC.CCO.NCc1ccccc1.O=C(Cl)c1ccccc1.OCc1ccccc1. The smallest absolute Gasteiger partial charge is 0.252 e. The summed E-state index contributed by atoms with van der Waals surface area (Å²) in [5, 5.41) is 19.5. The first-order valence-electron chi connectivity index (χ1n) is 27.1. The molecule has 73 heavy (non-hydrogen) atoms. The quantitative estimate of drug-likeness (QED) is 0.0598. The van der Waals surface area contributed by atoms with E-state index in [0.717, 1.165) is 23.7 Å². The van der Waals surface area contributed by atoms with Gasteiger partial charge in [0.05, 0.1) is 13.0 Å². The summed E-state index contributed by atoms with van der Waals surface area (Å²) in [7, 11) is 0. The number of alkyl halides is 1. The molecule has 0 unspecified atom stereocenters. The van der Waals surface area contributed by atoms with Gasteiger partial charge in [0.25, 0.3) is 5.24 Å². The lowest BCUT2D eigenvalue weighted by atomic mass is 10.0. The number of halogens is 3. The number of aliphatic hydroxyl groups is 2. The third kappa shape index (κ3) is 110. The van der Waals surface area contributed by atoms with Gasteiger partial charge in [0.15, 0.2) is 0 Å². The van der Waals surface area contributed by atoms with Crippen molar-refractivity contribution < 1.29 is 34.2 Å². The second-order valence-electron chi connectivity index (χ2n) is 16.4. The molecule has 3 aromatic carbocycles. The van der Waals surface area contributed by atoms with E-state index >= 15 is 0 Å². The number of Topliss-reactive ketones (excluding diaryl/α,β-unsaturated/α-hetero) is 3. The van der Waals surface area contributed by atoms with Crippen LogP contribution in [0.3, 0.4) is 0 Å². The maximum absolute atomic E-state index is 10.5. The summed E-state index contributed by atoms with van der Waals surface area (Å²) >= 11 is 13.4. The summed E-state index contributed by atoms with van der Waals surface area (Å²) in [5.74, 6) is 0.297. The predicted molar refractivity (Wildman–Crippen MR) is 324 cm³/mol. The third-order valence-electron chi connectivity index (χ3n) is 7.86. The fourth-order valence-corrected chi connectivity index (χ4v) is 5.53. The van der Waals surface area contributed by atoms with Crippen LogP contribution < -0.4 is 11.1 Å². The maximum Gasteiger partial charge on any atom is 0.252 e. The standard InChI is InChI=1S/C9H17BrO.C7H5ClO.C7H9N.C7H8O.C6H12.C5H11N.C4H5ClO2.C3H6O.3C3H8.C2H6O.C2H6/c1-9(11)7-5-3-2-4-6-8-10;8-7(9)6-4-2-1-3-5-6;2*8-6-7-4-2-1-3-5-7;2*1-2-4-6-5-3-1;1-3(6)2-4(5)7;1-3(2)4;3*1-3-2;1-2-3;1-2/h2-8H2,1H3;1-5H;1-5H,6,8H2;1-5,8H,6H2;1-6H2;6H,1-5H2;2H2,1H3;1-2H3;3*3H2,1-2H3;3H,2H2,1H3;1-2H3. The van der Waals surface area contributed by atoms with Gasteiger partial charge in [-0.05, 0) is 108 Å². The van der Waals surface area contributed by atoms with Gasteiger partial charge in [-0.25, -0.2) is 0 Å². The molecule has 1 heterocycles. The number of nitrogens with two attached hydrogens (primary N) is 1. The Morgan fingerprint density at radius 1 is 0.534 bits per heavy atom. The van der Waals surface area contributed by atoms with Crippen LogP contribution >= 0.6 is 39.1 Å². The summed E-state index contributed by atoms with van der Waals surface area (Å²) in [6.07, 6.45) is 23.7. The van der Waals surface area contributed by atoms with E-state index in [1.165, 1.54) is 142 Å². The van der Waals surface area contributed by atoms with Crippen molar-refractivity contribution in [3.8, 4) is 0 Å². The fourth-order valence-electron chi connectivity index (χ4n) is 4.82. The third-order valence-corrected chi connectivity index (χ3v) is 8.77. The monoisotopic (exact) mass is 1130 g/mol. The lowest BCUT2D eigenvalue weighted by molar-refractivity contribution is -0.122. The number of hydrogen-bond acceptors (Lipinski definition) is 9. The van der Waals surface area contributed by atoms with E-state index in [0.29, 0.717) is 17.9 Å². The molecular formula is C61H109BrCl2N2O7. The van der Waals surface area contributed by atoms with E-state index in [9.17, 15) is 24.0 Å². The van der Waals surface area contributed by atoms with Crippen LogP contribution in [0.15, 0.2) is 91.0 Å². The molecule has 0 spiro atoms. The van der Waals surface area contributed by atoms with E-state index in [1.54, 1.807) is 38.1 Å². The summed E-state index contributed by atoms with van der Waals surface area (Å²) in [5.41, 5.74) is 8.04. The van der Waals surface area contributed by atoms with Crippen molar-refractivity contribution >= 4 is 67.0 Å². The van der Waals surface area contributed by atoms with Crippen LogP contribution in [0.2, 0.25) is 0 Å². The molecule has 1 aliphatic heterocycles. The number of carbonyl (C=O) groups is 5. The number of ketones is 3. The van der Waals surface area contributed by atoms with Gasteiger partial charge < -0.3 is 30.9 Å². The molecule has 9 nitrogen and oxygen atoms in total. The Morgan fingerprint density at radius 2 is 0.849 bits per heavy atom. The lowest BCUT2D eigenvalue weighted by Crippen LogP contribution is -2.21. The number of nitrogens with one attached hydrogen (secondary N) is 1. The van der Waals surface area contributed by atoms with Gasteiger partial charge in [-0.15, -0.1) is 0 Å². The molecule has 5 rings (SSSR count). The molecule has 426 valence electrons. The molecule has 5 N–H and O–H groups in total. The second-order valence-corrected chi connectivity index (χ2v) is 18.0. The van der Waals surface area contributed by atoms with Gasteiger partial charge >= 0.3 is 0 Å². The minimum absolute atomic E-state index is 0.140. The number of carbonyl (C=O) groups excluding carboxylic acids is 5. The van der Waals surface area contributed by atoms with Crippen LogP contribution in [0.1, 0.15) is 233 Å². The molecule has 0 bridgehead atoms. The minimum Gasteiger partial charge on any atom is -0.397 e. The summed E-state index contributed by atoms with van der Waals surface area (Å²) in [4.78, 5) is 50.1. The molecule has 0 amide bonds. The van der Waals surface area contributed by atoms with E-state index in [4.69, 9.17) is 39.1 Å². The van der Waals surface area contributed by atoms with Gasteiger partial charge in [0, 0.05) is 30.5 Å². The van der Waals surface area contributed by atoms with Gasteiger partial charge in [-0.1, -0.05) is 246 Å². The van der Waals surface area contributed by atoms with E-state index in [1.807, 2.05) is 80.6 Å². The van der Waals surface area contributed by atoms with Crippen molar-refractivity contribution in [1.82, 2.24) is 5.32 Å². The van der Waals surface area contributed by atoms with Crippen LogP contribution in [0.25, 0.3) is 0 Å². The van der Waals surface area contributed by atoms with Crippen LogP contribution in [0.5, 0.6) is 0 Å². The van der Waals surface area contributed by atoms with Crippen molar-refractivity contribution in [3.05, 3.63) is 108 Å². The topological polar surface area (TPSA) is 164 Å². The molecular weight excluding hydrogens is 1020 g/mol. The Hall–Kier alpha value is -3.09. The normalized spacial score (nSPS) is 10.8. The van der Waals surface area contributed by atoms with E-state index in [2.05, 4.69) is 62.8 Å². The van der Waals surface area contributed by atoms with Crippen molar-refractivity contribution in [1.29, 1.82) is 0 Å². The highest BCUT2D eigenvalue weighted by atomic mass is 79.9. The molecule has 2 fully saturated rings. The molecule has 1 saturated carbocycles. The number of hydrogen-bond donors (Lipinski definition) is 4. The van der Waals surface area contributed by atoms with Gasteiger partial charge in [-0.2, -0.15) is 0 Å². The first-order chi connectivity index (χ1) is 35.0. The second kappa shape index (κ2) is 82.9. The molecule has 1 saturated heterocycles. The zero-order valence-corrected chi connectivity index (χ0v) is 51.6. The van der Waals surface area contributed by atoms with Crippen LogP contribution in [0, 0.1) is 0 Å². The average Bonchev–Trinajstić information content (AvgIpc) is 3.39. The zero-order chi connectivity index (χ0) is 57.6. The van der Waals surface area contributed by atoms with Gasteiger partial charge in [0.1, 0.15) is 17.3 Å². The molecule has 3 aromatic rings. The molecule has 12 heteroatoms. The highest BCUT2D eigenvalue weighted by Crippen LogP contribution is 2.15. The maximum atomic E-state index is 10.5. The average molecular weight is 1130 g/mol. The number of aliphatic hydroxyl groups excluding tert-OH is 2. The van der Waals surface area contributed by atoms with Crippen LogP contribution in [0.4, 0.5) is 0 Å². The predicted octanol–water partition coefficient (Wildman–Crippen LogP) is 17.4. The van der Waals surface area contributed by atoms with Gasteiger partial charge in [-0.3, -0.25) is 14.4 Å². The summed E-state index contributed by atoms with van der Waals surface area (Å²) in [6.45, 7) is 28.0. The molecule has 2 aliphatic rings. The lowest BCUT2D eigenvalue weighted by Gasteiger charge is -2.08. The summed E-state index contributed by atoms with van der Waals surface area (Å²) < 4.78 is 0. The number of unbranched alkanes of at least 4 members (excludes halogenated alkanes) is 4. The van der Waals surface area contributed by atoms with Crippen LogP contribution in [-0.2, 0) is 32.3 Å². The Bertz CT molecular complexity index is 1380. The highest BCUT2D eigenvalue weighted by Gasteiger charge is 1.98. The Balaban J connectivity index is -0.000000107. The largest absolute Gasteiger partial charge is 0.397 e. The first kappa shape index (κ1) is 86.6. The van der Waals surface area contributed by atoms with Gasteiger partial charge in [0.2, 0.25) is 5.24 Å². The van der Waals surface area contributed by atoms with E-state index in [-0.39, 0.29) is 31.2 Å². The van der Waals surface area contributed by atoms with Crippen molar-refractivity contribution in [3.63, 3.8) is 0 Å². The molecule has 0 radical (unpaired) electrons. The molecule has 0 aromatic heterocycles. The Kier molecular flexibility index (Phi) is 98.4. The Labute approximate surface area is 467 Å². The number of benzene rings is 3. The van der Waals surface area contributed by atoms with Crippen molar-refractivity contribution in [2.45, 2.75) is 225 Å². The first-order valence-corrected chi connectivity index (χ1v) is 29.0. The van der Waals surface area contributed by atoms with Crippen molar-refractivity contribution in [2.24, 2.45) is 5.73 Å². The number of piperidine rings is 1.